The number of benzene rings is 7. The van der Waals surface area contributed by atoms with E-state index in [1.165, 1.54) is 4.90 Å². The Bertz CT molecular complexity index is 2720. The van der Waals surface area contributed by atoms with Gasteiger partial charge in [0.25, 0.3) is 17.4 Å². The van der Waals surface area contributed by atoms with E-state index in [2.05, 4.69) is 12.1 Å². The molecule has 7 aromatic carbocycles. The smallest absolute Gasteiger partial charge is 0.264 e. The molecular weight excluding hydrogens is 522 g/mol. The van der Waals surface area contributed by atoms with Crippen LogP contribution >= 0.6 is 0 Å². The minimum atomic E-state index is -0.258. The number of hydrogen-bond acceptors (Lipinski definition) is 4. The molecule has 3 heterocycles. The number of rotatable bonds is 1. The lowest BCUT2D eigenvalue weighted by molar-refractivity contribution is 0.0619. The first-order valence-electron chi connectivity index (χ1n) is 14.1. The van der Waals surface area contributed by atoms with Crippen LogP contribution in [0.25, 0.3) is 81.3 Å². The monoisotopic (exact) mass is 541 g/mol. The summed E-state index contributed by atoms with van der Waals surface area (Å²) in [5.41, 5.74) is 3.34. The minimum absolute atomic E-state index is 0.0983. The molecule has 1 aliphatic heterocycles. The largest absolute Gasteiger partial charge is 0.275 e. The van der Waals surface area contributed by atoms with Crippen LogP contribution in [0.5, 0.6) is 0 Å². The molecule has 42 heavy (non-hydrogen) atoms. The lowest BCUT2D eigenvalue weighted by Crippen LogP contribution is -2.40. The molecule has 0 atom stereocenters. The average Bonchev–Trinajstić information content (AvgIpc) is 3.02. The summed E-state index contributed by atoms with van der Waals surface area (Å²) in [7, 11) is 0. The Morgan fingerprint density at radius 2 is 1.12 bits per heavy atom. The molecule has 0 fully saturated rings. The van der Waals surface area contributed by atoms with Gasteiger partial charge in [0.2, 0.25) is 0 Å². The van der Waals surface area contributed by atoms with Crippen LogP contribution in [0, 0.1) is 0 Å². The zero-order chi connectivity index (χ0) is 28.0. The molecule has 0 saturated heterocycles. The van der Waals surface area contributed by atoms with Gasteiger partial charge in [0.05, 0.1) is 11.0 Å². The van der Waals surface area contributed by atoms with E-state index in [0.29, 0.717) is 34.1 Å². The fraction of sp³-hybridized carbons (Fsp3) is 0.0556. The zero-order valence-corrected chi connectivity index (χ0v) is 22.4. The van der Waals surface area contributed by atoms with Gasteiger partial charge >= 0.3 is 0 Å². The summed E-state index contributed by atoms with van der Waals surface area (Å²) in [4.78, 5) is 47.3. The number of hydrogen-bond donors (Lipinski definition) is 0. The number of carbonyl (C=O) groups excluding carboxylic acids is 2. The predicted molar refractivity (Wildman–Crippen MR) is 167 cm³/mol. The summed E-state index contributed by atoms with van der Waals surface area (Å²) >= 11 is 0. The number of fused-ring (bicyclic) bond motifs is 5. The number of nitrogens with zero attached hydrogens (tertiary/aromatic N) is 3. The van der Waals surface area contributed by atoms with Crippen LogP contribution in [0.1, 0.15) is 27.6 Å². The van der Waals surface area contributed by atoms with Crippen molar-refractivity contribution >= 4 is 93.1 Å². The van der Waals surface area contributed by atoms with Crippen molar-refractivity contribution in [1.82, 2.24) is 14.3 Å². The molecule has 0 saturated carbocycles. The lowest BCUT2D eigenvalue weighted by Gasteiger charge is -2.27. The van der Waals surface area contributed by atoms with Gasteiger partial charge in [0.1, 0.15) is 5.65 Å². The first-order chi connectivity index (χ1) is 20.6. The second-order valence-corrected chi connectivity index (χ2v) is 11.2. The maximum Gasteiger partial charge on any atom is 0.264 e. The van der Waals surface area contributed by atoms with Crippen molar-refractivity contribution in [3.63, 3.8) is 0 Å². The highest BCUT2D eigenvalue weighted by Crippen LogP contribution is 2.46. The summed E-state index contributed by atoms with van der Waals surface area (Å²) in [6, 6.07) is 27.8. The van der Waals surface area contributed by atoms with E-state index in [1.54, 1.807) is 4.40 Å². The molecule has 6 nitrogen and oxygen atoms in total. The van der Waals surface area contributed by atoms with Crippen molar-refractivity contribution < 1.29 is 9.59 Å². The van der Waals surface area contributed by atoms with E-state index in [4.69, 9.17) is 4.98 Å². The van der Waals surface area contributed by atoms with Crippen LogP contribution in [0.2, 0.25) is 0 Å². The highest BCUT2D eigenvalue weighted by molar-refractivity contribution is 6.41. The number of pyridine rings is 1. The van der Waals surface area contributed by atoms with Gasteiger partial charge in [-0.1, -0.05) is 48.5 Å². The third-order valence-corrected chi connectivity index (χ3v) is 9.38. The Kier molecular flexibility index (Phi) is 3.77. The summed E-state index contributed by atoms with van der Waals surface area (Å²) in [6.07, 6.45) is 0. The first kappa shape index (κ1) is 22.1. The van der Waals surface area contributed by atoms with E-state index in [-0.39, 0.29) is 17.4 Å². The highest BCUT2D eigenvalue weighted by atomic mass is 16.2. The SMILES string of the molecule is CCN1C(=O)c2ccc3c4ccc5c(=O)n6c7cccc8cccc(nc6c6ccc(c9ccc(c2c39)C1=O)c4c56)c87. The molecule has 0 N–H and O–H groups in total. The van der Waals surface area contributed by atoms with Crippen LogP contribution in [0.15, 0.2) is 89.7 Å². The van der Waals surface area contributed by atoms with Crippen LogP contribution in [0.3, 0.4) is 0 Å². The molecule has 0 aliphatic carbocycles. The van der Waals surface area contributed by atoms with Gasteiger partial charge in [-0.2, -0.15) is 0 Å². The predicted octanol–water partition coefficient (Wildman–Crippen LogP) is 7.26. The molecule has 2 aromatic heterocycles. The number of imide groups is 1. The molecule has 10 rings (SSSR count). The molecule has 196 valence electrons. The fourth-order valence-corrected chi connectivity index (χ4v) is 7.65. The van der Waals surface area contributed by atoms with Crippen LogP contribution in [-0.4, -0.2) is 32.6 Å². The molecule has 0 unspecified atom stereocenters. The van der Waals surface area contributed by atoms with Gasteiger partial charge in [-0.3, -0.25) is 23.7 Å². The van der Waals surface area contributed by atoms with Gasteiger partial charge in [-0.05, 0) is 81.0 Å². The van der Waals surface area contributed by atoms with Gasteiger partial charge in [-0.25, -0.2) is 4.98 Å². The number of amides is 2. The highest BCUT2D eigenvalue weighted by Gasteiger charge is 2.33. The molecule has 0 spiro atoms. The van der Waals surface area contributed by atoms with Crippen LogP contribution in [-0.2, 0) is 0 Å². The van der Waals surface area contributed by atoms with Crippen LogP contribution in [0.4, 0.5) is 0 Å². The van der Waals surface area contributed by atoms with Crippen molar-refractivity contribution in [3.05, 3.63) is 106 Å². The molecular formula is C36H19N3O3. The standard InChI is InChI=1S/C36H19N3O3/c1-2-38-34(40)23-14-10-20-18-9-13-22-31-25(16-12-19(29(18)31)21-11-15-24(35(38)41)32(23)30(20)21)36(42)39-27-8-4-6-17-5-3-7-26(28(17)27)37-33(22)39/h3-16H,2H2,1H3. The van der Waals surface area contributed by atoms with E-state index in [0.717, 1.165) is 64.9 Å². The van der Waals surface area contributed by atoms with Crippen molar-refractivity contribution in [2.75, 3.05) is 6.54 Å². The maximum atomic E-state index is 14.3. The van der Waals surface area contributed by atoms with Crippen molar-refractivity contribution in [3.8, 4) is 0 Å². The minimum Gasteiger partial charge on any atom is -0.275 e. The summed E-state index contributed by atoms with van der Waals surface area (Å²) in [5, 5.41) is 11.0. The molecule has 1 aliphatic rings. The zero-order valence-electron chi connectivity index (χ0n) is 22.4. The van der Waals surface area contributed by atoms with Crippen molar-refractivity contribution in [1.29, 1.82) is 0 Å². The maximum absolute atomic E-state index is 14.3. The van der Waals surface area contributed by atoms with Crippen molar-refractivity contribution in [2.45, 2.75) is 6.92 Å². The Morgan fingerprint density at radius 3 is 1.79 bits per heavy atom. The summed E-state index contributed by atoms with van der Waals surface area (Å²) in [6.45, 7) is 2.14. The second kappa shape index (κ2) is 7.17. The third kappa shape index (κ3) is 2.32. The van der Waals surface area contributed by atoms with Gasteiger partial charge < -0.3 is 0 Å². The lowest BCUT2D eigenvalue weighted by atomic mass is 9.84. The van der Waals surface area contributed by atoms with E-state index in [1.807, 2.05) is 79.7 Å². The Labute approximate surface area is 236 Å². The average molecular weight is 542 g/mol. The van der Waals surface area contributed by atoms with E-state index < -0.39 is 0 Å². The summed E-state index contributed by atoms with van der Waals surface area (Å²) < 4.78 is 1.76. The number of aromatic nitrogens is 2. The molecule has 2 amide bonds. The fourth-order valence-electron chi connectivity index (χ4n) is 7.65. The quantitative estimate of drug-likeness (QED) is 0.125. The Morgan fingerprint density at radius 1 is 0.571 bits per heavy atom. The van der Waals surface area contributed by atoms with E-state index in [9.17, 15) is 14.4 Å². The van der Waals surface area contributed by atoms with Crippen molar-refractivity contribution in [2.24, 2.45) is 0 Å². The van der Waals surface area contributed by atoms with E-state index >= 15 is 0 Å². The molecule has 0 bridgehead atoms. The molecule has 9 aromatic rings. The first-order valence-corrected chi connectivity index (χ1v) is 14.1. The van der Waals surface area contributed by atoms with Gasteiger partial charge in [0.15, 0.2) is 0 Å². The Balaban J connectivity index is 1.45. The summed E-state index contributed by atoms with van der Waals surface area (Å²) in [5.74, 6) is -0.517. The van der Waals surface area contributed by atoms with Gasteiger partial charge in [0, 0.05) is 44.6 Å². The Hall–Kier alpha value is -5.62. The number of carbonyl (C=O) groups is 2. The topological polar surface area (TPSA) is 71.8 Å². The molecule has 0 radical (unpaired) electrons. The molecule has 6 heteroatoms. The van der Waals surface area contributed by atoms with Crippen LogP contribution < -0.4 is 5.56 Å². The second-order valence-electron chi connectivity index (χ2n) is 11.2. The normalized spacial score (nSPS) is 14.1. The van der Waals surface area contributed by atoms with Gasteiger partial charge in [-0.15, -0.1) is 0 Å². The third-order valence-electron chi connectivity index (χ3n) is 9.38.